The van der Waals surface area contributed by atoms with Gasteiger partial charge >= 0.3 is 0 Å². The molecule has 0 aliphatic carbocycles. The van der Waals surface area contributed by atoms with E-state index in [0.29, 0.717) is 16.9 Å². The summed E-state index contributed by atoms with van der Waals surface area (Å²) >= 11 is 5.30. The van der Waals surface area contributed by atoms with Gasteiger partial charge < -0.3 is 14.1 Å². The molecule has 0 aliphatic heterocycles. The molecule has 94 valence electrons. The fourth-order valence-corrected chi connectivity index (χ4v) is 2.34. The molecule has 0 saturated carbocycles. The molecule has 6 heteroatoms. The molecule has 0 spiro atoms. The summed E-state index contributed by atoms with van der Waals surface area (Å²) < 4.78 is 7.66. The molecule has 0 amide bonds. The van der Waals surface area contributed by atoms with E-state index in [1.807, 2.05) is 29.7 Å². The minimum absolute atomic E-state index is 0.495. The molecular weight excluding hydrogens is 260 g/mol. The van der Waals surface area contributed by atoms with Gasteiger partial charge in [-0.2, -0.15) is 5.26 Å². The number of nitrogens with zero attached hydrogens (tertiary/aromatic N) is 3. The van der Waals surface area contributed by atoms with Crippen LogP contribution in [-0.2, 0) is 6.54 Å². The van der Waals surface area contributed by atoms with E-state index >= 15 is 0 Å². The van der Waals surface area contributed by atoms with Crippen LogP contribution in [0.1, 0.15) is 17.0 Å². The topological polar surface area (TPSA) is 70.5 Å². The lowest BCUT2D eigenvalue weighted by Crippen LogP contribution is -1.98. The zero-order valence-corrected chi connectivity index (χ0v) is 11.0. The number of aromatic amines is 1. The highest BCUT2D eigenvalue weighted by Gasteiger charge is 2.10. The average Bonchev–Trinajstić information content (AvgIpc) is 2.94. The number of imidazole rings is 1. The highest BCUT2D eigenvalue weighted by atomic mass is 32.1. The quantitative estimate of drug-likeness (QED) is 0.727. The molecule has 2 heterocycles. The molecule has 0 bridgehead atoms. The molecule has 19 heavy (non-hydrogen) atoms. The Hall–Kier alpha value is -2.39. The van der Waals surface area contributed by atoms with Gasteiger partial charge in [-0.15, -0.1) is 0 Å². The van der Waals surface area contributed by atoms with Crippen LogP contribution in [0.25, 0.3) is 11.0 Å². The molecule has 0 aliphatic rings. The zero-order valence-electron chi connectivity index (χ0n) is 10.2. The van der Waals surface area contributed by atoms with E-state index in [9.17, 15) is 0 Å². The lowest BCUT2D eigenvalue weighted by Gasteiger charge is -2.00. The lowest BCUT2D eigenvalue weighted by molar-refractivity contribution is 0.373. The summed E-state index contributed by atoms with van der Waals surface area (Å²) in [5, 5.41) is 12.9. The molecule has 0 unspecified atom stereocenters. The Labute approximate surface area is 114 Å². The number of nitriles is 1. The van der Waals surface area contributed by atoms with Crippen molar-refractivity contribution < 1.29 is 4.52 Å². The second-order valence-corrected chi connectivity index (χ2v) is 4.65. The van der Waals surface area contributed by atoms with Crippen molar-refractivity contribution in [3.8, 4) is 6.07 Å². The van der Waals surface area contributed by atoms with Gasteiger partial charge in [-0.3, -0.25) is 0 Å². The maximum Gasteiger partial charge on any atom is 0.178 e. The number of rotatable bonds is 2. The molecule has 2 aromatic heterocycles. The van der Waals surface area contributed by atoms with E-state index in [0.717, 1.165) is 22.5 Å². The Morgan fingerprint density at radius 1 is 1.53 bits per heavy atom. The molecule has 1 aromatic carbocycles. The minimum Gasteiger partial charge on any atom is -0.359 e. The maximum atomic E-state index is 9.09. The first-order valence-corrected chi connectivity index (χ1v) is 6.13. The number of nitrogens with one attached hydrogen (secondary N) is 1. The van der Waals surface area contributed by atoms with Crippen molar-refractivity contribution >= 4 is 23.3 Å². The number of hydrogen-bond donors (Lipinski definition) is 1. The molecule has 0 atom stereocenters. The van der Waals surface area contributed by atoms with Crippen LogP contribution in [0.2, 0.25) is 0 Å². The maximum absolute atomic E-state index is 9.09. The number of aryl methyl sites for hydroxylation is 1. The summed E-state index contributed by atoms with van der Waals surface area (Å²) in [4.78, 5) is 3.07. The van der Waals surface area contributed by atoms with E-state index in [1.54, 1.807) is 6.07 Å². The number of benzene rings is 1. The molecule has 0 radical (unpaired) electrons. The SMILES string of the molecule is Cc1cc(Cn2c(=S)[nH]c3c(C#N)cccc32)on1. The van der Waals surface area contributed by atoms with Crippen molar-refractivity contribution in [2.75, 3.05) is 0 Å². The molecule has 1 N–H and O–H groups in total. The van der Waals surface area contributed by atoms with Crippen LogP contribution in [0.5, 0.6) is 0 Å². The number of para-hydroxylation sites is 1. The van der Waals surface area contributed by atoms with Crippen LogP contribution in [0.4, 0.5) is 0 Å². The summed E-state index contributed by atoms with van der Waals surface area (Å²) in [5.74, 6) is 0.733. The summed E-state index contributed by atoms with van der Waals surface area (Å²) in [6.07, 6.45) is 0. The van der Waals surface area contributed by atoms with E-state index in [-0.39, 0.29) is 0 Å². The number of H-pyrrole nitrogens is 1. The molecule has 0 saturated heterocycles. The second-order valence-electron chi connectivity index (χ2n) is 4.26. The van der Waals surface area contributed by atoms with Gasteiger partial charge in [0.05, 0.1) is 28.8 Å². The van der Waals surface area contributed by atoms with Crippen LogP contribution < -0.4 is 0 Å². The molecule has 3 aromatic rings. The smallest absolute Gasteiger partial charge is 0.178 e. The normalized spacial score (nSPS) is 10.7. The lowest BCUT2D eigenvalue weighted by atomic mass is 10.2. The number of aromatic nitrogens is 3. The largest absolute Gasteiger partial charge is 0.359 e. The van der Waals surface area contributed by atoms with Crippen LogP contribution in [0.3, 0.4) is 0 Å². The fourth-order valence-electron chi connectivity index (χ4n) is 2.08. The van der Waals surface area contributed by atoms with Gasteiger partial charge in [-0.05, 0) is 31.3 Å². The summed E-state index contributed by atoms with van der Waals surface area (Å²) in [5.41, 5.74) is 3.06. The minimum atomic E-state index is 0.495. The van der Waals surface area contributed by atoms with Gasteiger partial charge in [0.1, 0.15) is 6.07 Å². The van der Waals surface area contributed by atoms with Crippen molar-refractivity contribution in [2.45, 2.75) is 13.5 Å². The predicted octanol–water partition coefficient (Wildman–Crippen LogP) is 2.92. The van der Waals surface area contributed by atoms with Crippen LogP contribution in [-0.4, -0.2) is 14.7 Å². The Morgan fingerprint density at radius 2 is 2.37 bits per heavy atom. The van der Waals surface area contributed by atoms with Crippen LogP contribution in [0.15, 0.2) is 28.8 Å². The summed E-state index contributed by atoms with van der Waals surface area (Å²) in [6.45, 7) is 2.36. The van der Waals surface area contributed by atoms with Crippen molar-refractivity contribution in [2.24, 2.45) is 0 Å². The van der Waals surface area contributed by atoms with Crippen molar-refractivity contribution in [1.29, 1.82) is 5.26 Å². The van der Waals surface area contributed by atoms with Gasteiger partial charge in [0.2, 0.25) is 0 Å². The highest BCUT2D eigenvalue weighted by molar-refractivity contribution is 7.71. The number of hydrogen-bond acceptors (Lipinski definition) is 4. The second kappa shape index (κ2) is 4.37. The van der Waals surface area contributed by atoms with E-state index in [2.05, 4.69) is 16.2 Å². The Bertz CT molecular complexity index is 850. The third kappa shape index (κ3) is 1.94. The standard InChI is InChI=1S/C13H10N4OS/c1-8-5-10(18-16-8)7-17-11-4-2-3-9(6-14)12(11)15-13(17)19/h2-5H,7H2,1H3,(H,15,19). The zero-order chi connectivity index (χ0) is 13.4. The Morgan fingerprint density at radius 3 is 3.05 bits per heavy atom. The van der Waals surface area contributed by atoms with E-state index < -0.39 is 0 Å². The van der Waals surface area contributed by atoms with E-state index in [4.69, 9.17) is 22.0 Å². The van der Waals surface area contributed by atoms with Crippen molar-refractivity contribution in [1.82, 2.24) is 14.7 Å². The summed E-state index contributed by atoms with van der Waals surface area (Å²) in [7, 11) is 0. The first kappa shape index (κ1) is 11.7. The monoisotopic (exact) mass is 270 g/mol. The Kier molecular flexibility index (Phi) is 2.69. The van der Waals surface area contributed by atoms with Gasteiger partial charge in [0.15, 0.2) is 10.5 Å². The number of fused-ring (bicyclic) bond motifs is 1. The molecule has 3 rings (SSSR count). The summed E-state index contributed by atoms with van der Waals surface area (Å²) in [6, 6.07) is 9.54. The van der Waals surface area contributed by atoms with E-state index in [1.165, 1.54) is 0 Å². The third-order valence-electron chi connectivity index (χ3n) is 2.92. The predicted molar refractivity (Wildman–Crippen MR) is 72.2 cm³/mol. The first-order valence-electron chi connectivity index (χ1n) is 5.73. The van der Waals surface area contributed by atoms with Crippen molar-refractivity contribution in [3.05, 3.63) is 46.1 Å². The van der Waals surface area contributed by atoms with Gasteiger partial charge in [0.25, 0.3) is 0 Å². The van der Waals surface area contributed by atoms with Gasteiger partial charge in [0, 0.05) is 6.07 Å². The van der Waals surface area contributed by atoms with Crippen molar-refractivity contribution in [3.63, 3.8) is 0 Å². The van der Waals surface area contributed by atoms with Crippen LogP contribution >= 0.6 is 12.2 Å². The van der Waals surface area contributed by atoms with Gasteiger partial charge in [-0.1, -0.05) is 11.2 Å². The molecular formula is C13H10N4OS. The van der Waals surface area contributed by atoms with Crippen LogP contribution in [0, 0.1) is 23.0 Å². The molecule has 5 nitrogen and oxygen atoms in total. The molecule has 0 fully saturated rings. The Balaban J connectivity index is 2.17. The fraction of sp³-hybridized carbons (Fsp3) is 0.154. The third-order valence-corrected chi connectivity index (χ3v) is 3.24. The van der Waals surface area contributed by atoms with Gasteiger partial charge in [-0.25, -0.2) is 0 Å². The highest BCUT2D eigenvalue weighted by Crippen LogP contribution is 2.19. The average molecular weight is 270 g/mol. The first-order chi connectivity index (χ1) is 9.19.